The quantitative estimate of drug-likeness (QED) is 0.551. The van der Waals surface area contributed by atoms with Crippen LogP contribution in [0.15, 0.2) is 41.1 Å². The maximum absolute atomic E-state index is 12.1. The predicted molar refractivity (Wildman–Crippen MR) is 108 cm³/mol. The molecule has 1 aromatic carbocycles. The van der Waals surface area contributed by atoms with Crippen molar-refractivity contribution < 1.29 is 9.21 Å². The molecule has 0 bridgehead atoms. The van der Waals surface area contributed by atoms with E-state index in [2.05, 4.69) is 31.7 Å². The summed E-state index contributed by atoms with van der Waals surface area (Å²) in [6.07, 6.45) is 5.20. The van der Waals surface area contributed by atoms with Gasteiger partial charge in [0.2, 0.25) is 11.8 Å². The van der Waals surface area contributed by atoms with Crippen molar-refractivity contribution >= 4 is 39.4 Å². The fraction of sp³-hybridized carbons (Fsp3) is 0.190. The number of fused-ring (bicyclic) bond motifs is 2. The van der Waals surface area contributed by atoms with Crippen LogP contribution in [0.4, 0.5) is 11.6 Å². The van der Waals surface area contributed by atoms with Gasteiger partial charge in [-0.05, 0) is 37.1 Å². The average molecular weight is 384 g/mol. The molecule has 8 nitrogen and oxygen atoms in total. The van der Waals surface area contributed by atoms with Gasteiger partial charge in [0.15, 0.2) is 5.58 Å². The van der Waals surface area contributed by atoms with E-state index in [0.717, 1.165) is 23.6 Å². The number of anilines is 2. The Bertz CT molecular complexity index is 1320. The highest BCUT2D eigenvalue weighted by molar-refractivity contribution is 6.03. The minimum absolute atomic E-state index is 0.00723. The van der Waals surface area contributed by atoms with Crippen LogP contribution in [-0.2, 0) is 4.79 Å². The number of amides is 1. The number of nitrogens with one attached hydrogen (secondary N) is 2. The highest BCUT2D eigenvalue weighted by atomic mass is 16.3. The molecular weight excluding hydrogens is 368 g/mol. The summed E-state index contributed by atoms with van der Waals surface area (Å²) < 4.78 is 5.92. The maximum atomic E-state index is 12.1. The molecule has 8 heteroatoms. The van der Waals surface area contributed by atoms with E-state index in [4.69, 9.17) is 9.68 Å². The number of carbonyl (C=O) groups is 1. The van der Waals surface area contributed by atoms with Crippen molar-refractivity contribution in [2.45, 2.75) is 12.8 Å². The van der Waals surface area contributed by atoms with Crippen LogP contribution in [0, 0.1) is 17.2 Å². The van der Waals surface area contributed by atoms with Gasteiger partial charge in [0.1, 0.15) is 17.2 Å². The second kappa shape index (κ2) is 6.56. The molecule has 0 spiro atoms. The van der Waals surface area contributed by atoms with E-state index in [1.165, 1.54) is 0 Å². The number of nitrogens with zero attached hydrogens (tertiary/aromatic N) is 4. The Kier molecular flexibility index (Phi) is 3.88. The van der Waals surface area contributed by atoms with Gasteiger partial charge in [0, 0.05) is 36.1 Å². The monoisotopic (exact) mass is 384 g/mol. The van der Waals surface area contributed by atoms with Crippen molar-refractivity contribution in [2.24, 2.45) is 5.92 Å². The molecule has 5 rings (SSSR count). The van der Waals surface area contributed by atoms with Crippen LogP contribution < -0.4 is 10.6 Å². The molecule has 0 aliphatic heterocycles. The molecule has 0 unspecified atom stereocenters. The van der Waals surface area contributed by atoms with Crippen molar-refractivity contribution in [3.05, 3.63) is 42.2 Å². The van der Waals surface area contributed by atoms with E-state index in [-0.39, 0.29) is 11.8 Å². The lowest BCUT2D eigenvalue weighted by atomic mass is 10.1. The Morgan fingerprint density at radius 3 is 2.83 bits per heavy atom. The zero-order valence-corrected chi connectivity index (χ0v) is 15.6. The van der Waals surface area contributed by atoms with E-state index in [9.17, 15) is 4.79 Å². The number of carbonyl (C=O) groups excluding carboxylic acids is 1. The maximum Gasteiger partial charge on any atom is 0.229 e. The number of rotatable bonds is 4. The normalized spacial score (nSPS) is 13.4. The van der Waals surface area contributed by atoms with Gasteiger partial charge in [-0.15, -0.1) is 0 Å². The van der Waals surface area contributed by atoms with Gasteiger partial charge >= 0.3 is 0 Å². The summed E-state index contributed by atoms with van der Waals surface area (Å²) in [5.41, 5.74) is 2.38. The summed E-state index contributed by atoms with van der Waals surface area (Å²) in [6, 6.07) is 9.01. The third-order valence-electron chi connectivity index (χ3n) is 4.96. The van der Waals surface area contributed by atoms with Gasteiger partial charge in [-0.25, -0.2) is 15.0 Å². The van der Waals surface area contributed by atoms with Gasteiger partial charge in [0.25, 0.3) is 0 Å². The Labute approximate surface area is 165 Å². The van der Waals surface area contributed by atoms with Crippen LogP contribution >= 0.6 is 0 Å². The smallest absolute Gasteiger partial charge is 0.229 e. The Morgan fingerprint density at radius 1 is 1.21 bits per heavy atom. The van der Waals surface area contributed by atoms with Gasteiger partial charge in [-0.1, -0.05) is 0 Å². The van der Waals surface area contributed by atoms with Gasteiger partial charge in [0.05, 0.1) is 17.2 Å². The lowest BCUT2D eigenvalue weighted by Crippen LogP contribution is -2.14. The third-order valence-corrected chi connectivity index (χ3v) is 4.96. The number of hydrogen-bond donors (Lipinski definition) is 2. The molecule has 2 N–H and O–H groups in total. The van der Waals surface area contributed by atoms with Gasteiger partial charge < -0.3 is 15.1 Å². The Balaban J connectivity index is 1.65. The van der Waals surface area contributed by atoms with Crippen molar-refractivity contribution in [1.82, 2.24) is 15.0 Å². The minimum Gasteiger partial charge on any atom is -0.436 e. The lowest BCUT2D eigenvalue weighted by Gasteiger charge is -2.10. The van der Waals surface area contributed by atoms with Crippen LogP contribution in [0.2, 0.25) is 0 Å². The topological polar surface area (TPSA) is 117 Å². The van der Waals surface area contributed by atoms with Crippen LogP contribution in [0.3, 0.4) is 0 Å². The molecular formula is C21H16N6O2. The van der Waals surface area contributed by atoms with E-state index >= 15 is 0 Å². The summed E-state index contributed by atoms with van der Waals surface area (Å²) in [5.74, 6) is 1.61. The highest BCUT2D eigenvalue weighted by Gasteiger charge is 2.30. The zero-order chi connectivity index (χ0) is 20.0. The average Bonchev–Trinajstić information content (AvgIpc) is 3.51. The number of aromatic nitrogens is 3. The highest BCUT2D eigenvalue weighted by Crippen LogP contribution is 2.35. The third kappa shape index (κ3) is 3.02. The molecule has 1 aliphatic rings. The SMILES string of the molecule is CNc1ncc(-c2nc3cc(C#N)ccc3o2)c2cc(NC(=O)C3CC3)ncc12. The largest absolute Gasteiger partial charge is 0.436 e. The van der Waals surface area contributed by atoms with E-state index in [0.29, 0.717) is 39.8 Å². The van der Waals surface area contributed by atoms with Crippen LogP contribution in [-0.4, -0.2) is 27.9 Å². The summed E-state index contributed by atoms with van der Waals surface area (Å²) in [7, 11) is 1.78. The number of pyridine rings is 2. The molecule has 4 aromatic rings. The fourth-order valence-corrected chi connectivity index (χ4v) is 3.26. The van der Waals surface area contributed by atoms with Gasteiger partial charge in [-0.3, -0.25) is 4.79 Å². The van der Waals surface area contributed by atoms with E-state index < -0.39 is 0 Å². The molecule has 3 heterocycles. The molecule has 3 aromatic heterocycles. The molecule has 1 saturated carbocycles. The number of hydrogen-bond acceptors (Lipinski definition) is 7. The fourth-order valence-electron chi connectivity index (χ4n) is 3.26. The minimum atomic E-state index is -0.00723. The summed E-state index contributed by atoms with van der Waals surface area (Å²) in [4.78, 5) is 25.5. The molecule has 0 saturated heterocycles. The van der Waals surface area contributed by atoms with Gasteiger partial charge in [-0.2, -0.15) is 5.26 Å². The molecule has 1 aliphatic carbocycles. The Hall–Kier alpha value is -3.99. The molecule has 29 heavy (non-hydrogen) atoms. The summed E-state index contributed by atoms with van der Waals surface area (Å²) >= 11 is 0. The standard InChI is InChI=1S/C21H16N6O2/c1-23-19-14-9-24-18(27-20(28)12-3-4-12)7-13(14)15(10-25-19)21-26-16-6-11(8-22)2-5-17(16)29-21/h2,5-7,9-10,12H,3-4H2,1H3,(H,23,25)(H,24,27,28). The zero-order valence-electron chi connectivity index (χ0n) is 15.6. The first-order chi connectivity index (χ1) is 14.2. The van der Waals surface area contributed by atoms with Crippen LogP contribution in [0.5, 0.6) is 0 Å². The van der Waals surface area contributed by atoms with Crippen LogP contribution in [0.1, 0.15) is 18.4 Å². The van der Waals surface area contributed by atoms with Crippen molar-refractivity contribution in [3.63, 3.8) is 0 Å². The summed E-state index contributed by atoms with van der Waals surface area (Å²) in [6.45, 7) is 0. The molecule has 0 atom stereocenters. The van der Waals surface area contributed by atoms with Crippen molar-refractivity contribution in [2.75, 3.05) is 17.7 Å². The first-order valence-corrected chi connectivity index (χ1v) is 9.24. The molecule has 1 fully saturated rings. The van der Waals surface area contributed by atoms with Crippen molar-refractivity contribution in [1.29, 1.82) is 5.26 Å². The van der Waals surface area contributed by atoms with Crippen molar-refractivity contribution in [3.8, 4) is 17.5 Å². The van der Waals surface area contributed by atoms with E-state index in [1.807, 2.05) is 6.07 Å². The summed E-state index contributed by atoms with van der Waals surface area (Å²) in [5, 5.41) is 16.6. The predicted octanol–water partition coefficient (Wildman–Crippen LogP) is 3.70. The van der Waals surface area contributed by atoms with Crippen LogP contribution in [0.25, 0.3) is 33.3 Å². The van der Waals surface area contributed by atoms with E-state index in [1.54, 1.807) is 37.6 Å². The number of oxazole rings is 1. The lowest BCUT2D eigenvalue weighted by molar-refractivity contribution is -0.117. The second-order valence-corrected chi connectivity index (χ2v) is 6.96. The second-order valence-electron chi connectivity index (χ2n) is 6.96. The molecule has 0 radical (unpaired) electrons. The first kappa shape index (κ1) is 17.1. The first-order valence-electron chi connectivity index (χ1n) is 9.24. The number of nitriles is 1. The molecule has 1 amide bonds. The Morgan fingerprint density at radius 2 is 2.07 bits per heavy atom. The molecule has 142 valence electrons. The number of benzene rings is 1.